The fourth-order valence-corrected chi connectivity index (χ4v) is 2.48. The monoisotopic (exact) mass is 308 g/mol. The molecule has 0 aliphatic carbocycles. The van der Waals surface area contributed by atoms with Gasteiger partial charge in [0.2, 0.25) is 0 Å². The maximum absolute atomic E-state index is 12.2. The predicted octanol–water partition coefficient (Wildman–Crippen LogP) is 3.35. The van der Waals surface area contributed by atoms with E-state index in [1.54, 1.807) is 30.8 Å². The highest BCUT2D eigenvalue weighted by Crippen LogP contribution is 2.23. The van der Waals surface area contributed by atoms with Gasteiger partial charge in [-0.2, -0.15) is 0 Å². The summed E-state index contributed by atoms with van der Waals surface area (Å²) in [6, 6.07) is 4.70. The summed E-state index contributed by atoms with van der Waals surface area (Å²) in [6.45, 7) is 1.87. The lowest BCUT2D eigenvalue weighted by Gasteiger charge is -2.23. The number of carbonyl (C=O) groups excluding carboxylic acids is 2. The molecule has 0 aliphatic heterocycles. The van der Waals surface area contributed by atoms with Crippen molar-refractivity contribution in [1.82, 2.24) is 4.90 Å². The van der Waals surface area contributed by atoms with Crippen LogP contribution in [-0.4, -0.2) is 31.1 Å². The molecule has 2 amide bonds. The normalized spacial score (nSPS) is 11.8. The molecule has 21 heavy (non-hydrogen) atoms. The van der Waals surface area contributed by atoms with Crippen molar-refractivity contribution in [2.75, 3.05) is 19.5 Å². The van der Waals surface area contributed by atoms with Crippen LogP contribution in [0.5, 0.6) is 0 Å². The number of hydrogen-bond donors (Lipinski definition) is 1. The molecule has 2 rings (SSSR count). The minimum Gasteiger partial charge on any atom is -0.467 e. The Morgan fingerprint density at radius 2 is 2.24 bits per heavy atom. The summed E-state index contributed by atoms with van der Waals surface area (Å²) < 4.78 is 9.91. The average molecular weight is 308 g/mol. The van der Waals surface area contributed by atoms with Gasteiger partial charge in [0.15, 0.2) is 0 Å². The van der Waals surface area contributed by atoms with E-state index >= 15 is 0 Å². The molecule has 2 aromatic heterocycles. The summed E-state index contributed by atoms with van der Waals surface area (Å²) in [5.41, 5.74) is 0.416. The number of esters is 1. The van der Waals surface area contributed by atoms with Gasteiger partial charge in [-0.1, -0.05) is 0 Å². The van der Waals surface area contributed by atoms with E-state index in [-0.39, 0.29) is 12.1 Å². The van der Waals surface area contributed by atoms with E-state index in [1.807, 2.05) is 13.0 Å². The highest BCUT2D eigenvalue weighted by molar-refractivity contribution is 7.14. The first-order valence-electron chi connectivity index (χ1n) is 6.27. The van der Waals surface area contributed by atoms with E-state index in [2.05, 4.69) is 10.1 Å². The van der Waals surface area contributed by atoms with Gasteiger partial charge in [-0.3, -0.25) is 5.32 Å². The maximum atomic E-state index is 12.2. The van der Waals surface area contributed by atoms with Crippen LogP contribution in [0.1, 0.15) is 29.1 Å². The van der Waals surface area contributed by atoms with Gasteiger partial charge < -0.3 is 14.1 Å². The van der Waals surface area contributed by atoms with Gasteiger partial charge in [0.1, 0.15) is 5.76 Å². The lowest BCUT2D eigenvalue weighted by molar-refractivity contribution is 0.0601. The first-order valence-corrected chi connectivity index (χ1v) is 7.15. The zero-order chi connectivity index (χ0) is 15.4. The third-order valence-electron chi connectivity index (χ3n) is 3.11. The zero-order valence-corrected chi connectivity index (χ0v) is 12.8. The number of hydrogen-bond acceptors (Lipinski definition) is 5. The number of rotatable bonds is 4. The average Bonchev–Trinajstić information content (AvgIpc) is 3.16. The molecule has 1 N–H and O–H groups in total. The van der Waals surface area contributed by atoms with E-state index < -0.39 is 5.97 Å². The van der Waals surface area contributed by atoms with E-state index in [4.69, 9.17) is 4.42 Å². The van der Waals surface area contributed by atoms with Crippen molar-refractivity contribution < 1.29 is 18.7 Å². The summed E-state index contributed by atoms with van der Waals surface area (Å²) in [5, 5.41) is 4.96. The summed E-state index contributed by atoms with van der Waals surface area (Å²) in [7, 11) is 2.99. The van der Waals surface area contributed by atoms with Crippen LogP contribution in [0.2, 0.25) is 0 Å². The SMILES string of the molecule is COC(=O)c1csc(NC(=O)N(C)[C@H](C)c2ccco2)c1. The van der Waals surface area contributed by atoms with Crippen LogP contribution in [0.25, 0.3) is 0 Å². The highest BCUT2D eigenvalue weighted by Gasteiger charge is 2.20. The molecule has 2 aromatic rings. The Hall–Kier alpha value is -2.28. The molecule has 0 unspecified atom stereocenters. The molecule has 0 saturated heterocycles. The first kappa shape index (κ1) is 15.1. The van der Waals surface area contributed by atoms with Crippen LogP contribution < -0.4 is 5.32 Å². The molecule has 112 valence electrons. The summed E-state index contributed by atoms with van der Waals surface area (Å²) in [6.07, 6.45) is 1.57. The minimum atomic E-state index is -0.427. The van der Waals surface area contributed by atoms with Gasteiger partial charge in [0, 0.05) is 12.4 Å². The minimum absolute atomic E-state index is 0.194. The second kappa shape index (κ2) is 6.45. The molecule has 1 atom stereocenters. The van der Waals surface area contributed by atoms with Gasteiger partial charge >= 0.3 is 12.0 Å². The predicted molar refractivity (Wildman–Crippen MR) is 79.6 cm³/mol. The Morgan fingerprint density at radius 3 is 2.86 bits per heavy atom. The number of urea groups is 1. The smallest absolute Gasteiger partial charge is 0.338 e. The number of nitrogens with one attached hydrogen (secondary N) is 1. The number of methoxy groups -OCH3 is 1. The quantitative estimate of drug-likeness (QED) is 0.879. The van der Waals surface area contributed by atoms with Gasteiger partial charge in [-0.15, -0.1) is 11.3 Å². The second-order valence-electron chi connectivity index (χ2n) is 4.42. The lowest BCUT2D eigenvalue weighted by atomic mass is 10.2. The fraction of sp³-hybridized carbons (Fsp3) is 0.286. The van der Waals surface area contributed by atoms with Crippen LogP contribution >= 0.6 is 11.3 Å². The Morgan fingerprint density at radius 1 is 1.48 bits per heavy atom. The topological polar surface area (TPSA) is 71.8 Å². The molecule has 0 aliphatic rings. The molecule has 2 heterocycles. The standard InChI is InChI=1S/C14H16N2O4S/c1-9(11-5-4-6-20-11)16(2)14(18)15-12-7-10(8-21-12)13(17)19-3/h4-9H,1-3H3,(H,15,18)/t9-/m1/s1. The lowest BCUT2D eigenvalue weighted by Crippen LogP contribution is -2.33. The molecule has 0 radical (unpaired) electrons. The molecule has 0 saturated carbocycles. The number of carbonyl (C=O) groups is 2. The summed E-state index contributed by atoms with van der Waals surface area (Å²) in [4.78, 5) is 25.0. The number of amides is 2. The van der Waals surface area contributed by atoms with Crippen molar-refractivity contribution >= 4 is 28.3 Å². The first-order chi connectivity index (χ1) is 10.0. The van der Waals surface area contributed by atoms with Crippen molar-refractivity contribution in [2.24, 2.45) is 0 Å². The number of thiophene rings is 1. The maximum Gasteiger partial charge on any atom is 0.338 e. The molecule has 0 fully saturated rings. The van der Waals surface area contributed by atoms with E-state index in [0.29, 0.717) is 16.3 Å². The van der Waals surface area contributed by atoms with Gasteiger partial charge in [-0.05, 0) is 25.1 Å². The van der Waals surface area contributed by atoms with Gasteiger partial charge in [-0.25, -0.2) is 9.59 Å². The third-order valence-corrected chi connectivity index (χ3v) is 3.95. The number of ether oxygens (including phenoxy) is 1. The third kappa shape index (κ3) is 3.43. The van der Waals surface area contributed by atoms with Gasteiger partial charge in [0.05, 0.1) is 30.0 Å². The number of nitrogens with zero attached hydrogens (tertiary/aromatic N) is 1. The van der Waals surface area contributed by atoms with E-state index in [9.17, 15) is 9.59 Å². The number of furan rings is 1. The van der Waals surface area contributed by atoms with Crippen molar-refractivity contribution in [3.8, 4) is 0 Å². The van der Waals surface area contributed by atoms with E-state index in [0.717, 1.165) is 0 Å². The second-order valence-corrected chi connectivity index (χ2v) is 5.33. The van der Waals surface area contributed by atoms with Crippen molar-refractivity contribution in [3.63, 3.8) is 0 Å². The molecule has 7 heteroatoms. The molecular formula is C14H16N2O4S. The van der Waals surface area contributed by atoms with Crippen LogP contribution in [-0.2, 0) is 4.74 Å². The Kier molecular flexibility index (Phi) is 4.64. The molecule has 6 nitrogen and oxygen atoms in total. The summed E-state index contributed by atoms with van der Waals surface area (Å²) in [5.74, 6) is 0.276. The molecule has 0 aromatic carbocycles. The molecule has 0 spiro atoms. The highest BCUT2D eigenvalue weighted by atomic mass is 32.1. The largest absolute Gasteiger partial charge is 0.467 e. The Balaban J connectivity index is 2.00. The molecular weight excluding hydrogens is 292 g/mol. The van der Waals surface area contributed by atoms with E-state index in [1.165, 1.54) is 23.3 Å². The Bertz CT molecular complexity index is 621. The zero-order valence-electron chi connectivity index (χ0n) is 12.0. The van der Waals surface area contributed by atoms with Crippen molar-refractivity contribution in [3.05, 3.63) is 41.2 Å². The number of anilines is 1. The van der Waals surface area contributed by atoms with Crippen LogP contribution in [0.15, 0.2) is 34.3 Å². The van der Waals surface area contributed by atoms with Crippen molar-refractivity contribution in [2.45, 2.75) is 13.0 Å². The van der Waals surface area contributed by atoms with Crippen LogP contribution in [0.4, 0.5) is 9.80 Å². The Labute approximate surface area is 126 Å². The molecule has 0 bridgehead atoms. The van der Waals surface area contributed by atoms with Crippen LogP contribution in [0, 0.1) is 0 Å². The van der Waals surface area contributed by atoms with Gasteiger partial charge in [0.25, 0.3) is 0 Å². The van der Waals surface area contributed by atoms with Crippen LogP contribution in [0.3, 0.4) is 0 Å². The fourth-order valence-electron chi connectivity index (χ4n) is 1.72. The van der Waals surface area contributed by atoms with Crippen molar-refractivity contribution in [1.29, 1.82) is 0 Å². The summed E-state index contributed by atoms with van der Waals surface area (Å²) >= 11 is 1.27.